The van der Waals surface area contributed by atoms with Gasteiger partial charge in [0.25, 0.3) is 0 Å². The van der Waals surface area contributed by atoms with Crippen molar-refractivity contribution in [1.82, 2.24) is 4.98 Å². The SMILES string of the molecule is Cc1cccc2c1sc1c(-c3ccccn3)cccc12. The molecule has 0 atom stereocenters. The number of nitrogens with zero attached hydrogens (tertiary/aromatic N) is 1. The van der Waals surface area contributed by atoms with E-state index in [0.29, 0.717) is 0 Å². The normalized spacial score (nSPS) is 11.2. The Hall–Kier alpha value is -2.19. The Balaban J connectivity index is 2.14. The van der Waals surface area contributed by atoms with Gasteiger partial charge in [0, 0.05) is 31.9 Å². The van der Waals surface area contributed by atoms with E-state index >= 15 is 0 Å². The van der Waals surface area contributed by atoms with Gasteiger partial charge in [0.05, 0.1) is 5.69 Å². The Bertz CT molecular complexity index is 907. The Labute approximate surface area is 121 Å². The molecule has 0 radical (unpaired) electrons. The Kier molecular flexibility index (Phi) is 2.57. The number of pyridine rings is 1. The molecule has 1 nitrogen and oxygen atoms in total. The fraction of sp³-hybridized carbons (Fsp3) is 0.0556. The molecule has 96 valence electrons. The lowest BCUT2D eigenvalue weighted by molar-refractivity contribution is 1.33. The van der Waals surface area contributed by atoms with Crippen LogP contribution < -0.4 is 0 Å². The molecule has 0 saturated heterocycles. The van der Waals surface area contributed by atoms with Crippen molar-refractivity contribution in [3.05, 3.63) is 66.4 Å². The molecule has 0 amide bonds. The number of fused-ring (bicyclic) bond motifs is 3. The maximum atomic E-state index is 4.50. The summed E-state index contributed by atoms with van der Waals surface area (Å²) in [4.78, 5) is 4.50. The second-order valence-electron chi connectivity index (χ2n) is 4.95. The van der Waals surface area contributed by atoms with E-state index in [-0.39, 0.29) is 0 Å². The first-order valence-electron chi connectivity index (χ1n) is 6.67. The molecule has 2 heteroatoms. The quantitative estimate of drug-likeness (QED) is 0.451. The van der Waals surface area contributed by atoms with Gasteiger partial charge in [-0.05, 0) is 24.6 Å². The second kappa shape index (κ2) is 4.43. The van der Waals surface area contributed by atoms with Crippen LogP contribution in [0.15, 0.2) is 60.8 Å². The van der Waals surface area contributed by atoms with Crippen LogP contribution in [-0.2, 0) is 0 Å². The molecule has 2 heterocycles. The van der Waals surface area contributed by atoms with E-state index in [0.717, 1.165) is 5.69 Å². The van der Waals surface area contributed by atoms with Crippen molar-refractivity contribution in [3.8, 4) is 11.3 Å². The number of hydrogen-bond acceptors (Lipinski definition) is 2. The van der Waals surface area contributed by atoms with Crippen LogP contribution in [0, 0.1) is 6.92 Å². The minimum atomic E-state index is 1.04. The molecule has 0 unspecified atom stereocenters. The fourth-order valence-corrected chi connectivity index (χ4v) is 3.98. The van der Waals surface area contributed by atoms with E-state index < -0.39 is 0 Å². The van der Waals surface area contributed by atoms with Crippen molar-refractivity contribution in [1.29, 1.82) is 0 Å². The number of aromatic nitrogens is 1. The highest BCUT2D eigenvalue weighted by Gasteiger charge is 2.11. The van der Waals surface area contributed by atoms with Gasteiger partial charge in [-0.3, -0.25) is 4.98 Å². The summed E-state index contributed by atoms with van der Waals surface area (Å²) in [6, 6.07) is 19.1. The number of hydrogen-bond donors (Lipinski definition) is 0. The summed E-state index contributed by atoms with van der Waals surface area (Å²) in [5, 5.41) is 2.68. The van der Waals surface area contributed by atoms with Gasteiger partial charge in [-0.15, -0.1) is 11.3 Å². The van der Waals surface area contributed by atoms with Gasteiger partial charge >= 0.3 is 0 Å². The highest BCUT2D eigenvalue weighted by molar-refractivity contribution is 7.26. The molecule has 0 bridgehead atoms. The van der Waals surface area contributed by atoms with Gasteiger partial charge in [0.15, 0.2) is 0 Å². The molecule has 4 aromatic rings. The van der Waals surface area contributed by atoms with Crippen LogP contribution in [-0.4, -0.2) is 4.98 Å². The summed E-state index contributed by atoms with van der Waals surface area (Å²) in [5.74, 6) is 0. The zero-order valence-corrected chi connectivity index (χ0v) is 11.9. The van der Waals surface area contributed by atoms with E-state index in [1.807, 2.05) is 29.7 Å². The Morgan fingerprint density at radius 2 is 1.60 bits per heavy atom. The van der Waals surface area contributed by atoms with Gasteiger partial charge in [-0.2, -0.15) is 0 Å². The van der Waals surface area contributed by atoms with Gasteiger partial charge in [-0.1, -0.05) is 42.5 Å². The first-order valence-corrected chi connectivity index (χ1v) is 7.48. The third kappa shape index (κ3) is 1.65. The second-order valence-corrected chi connectivity index (χ2v) is 5.97. The van der Waals surface area contributed by atoms with Crippen LogP contribution in [0.2, 0.25) is 0 Å². The number of aryl methyl sites for hydroxylation is 1. The van der Waals surface area contributed by atoms with E-state index in [1.54, 1.807) is 0 Å². The standard InChI is InChI=1S/C18H13NS/c1-12-6-4-7-13-14-8-5-9-15(18(14)20-17(12)13)16-10-2-3-11-19-16/h2-11H,1H3. The van der Waals surface area contributed by atoms with Crippen LogP contribution in [0.5, 0.6) is 0 Å². The smallest absolute Gasteiger partial charge is 0.0716 e. The number of rotatable bonds is 1. The predicted octanol–water partition coefficient (Wildman–Crippen LogP) is 5.42. The predicted molar refractivity (Wildman–Crippen MR) is 87.3 cm³/mol. The largest absolute Gasteiger partial charge is 0.256 e. The molecule has 0 N–H and O–H groups in total. The average Bonchev–Trinajstić information content (AvgIpc) is 2.88. The summed E-state index contributed by atoms with van der Waals surface area (Å²) in [6.45, 7) is 2.18. The van der Waals surface area contributed by atoms with Crippen LogP contribution >= 0.6 is 11.3 Å². The fourth-order valence-electron chi connectivity index (χ4n) is 2.68. The van der Waals surface area contributed by atoms with Crippen molar-refractivity contribution in [2.24, 2.45) is 0 Å². The monoisotopic (exact) mass is 275 g/mol. The van der Waals surface area contributed by atoms with Crippen LogP contribution in [0.4, 0.5) is 0 Å². The van der Waals surface area contributed by atoms with Crippen LogP contribution in [0.25, 0.3) is 31.4 Å². The molecule has 0 aliphatic rings. The topological polar surface area (TPSA) is 12.9 Å². The van der Waals surface area contributed by atoms with Gasteiger partial charge < -0.3 is 0 Å². The Morgan fingerprint density at radius 1 is 0.800 bits per heavy atom. The van der Waals surface area contributed by atoms with Crippen molar-refractivity contribution >= 4 is 31.5 Å². The first kappa shape index (κ1) is 11.6. The summed E-state index contributed by atoms with van der Waals surface area (Å²) in [6.07, 6.45) is 1.85. The summed E-state index contributed by atoms with van der Waals surface area (Å²) in [5.41, 5.74) is 3.61. The number of thiophene rings is 1. The van der Waals surface area contributed by atoms with Crippen molar-refractivity contribution in [2.75, 3.05) is 0 Å². The molecule has 0 aliphatic heterocycles. The van der Waals surface area contributed by atoms with E-state index in [4.69, 9.17) is 0 Å². The zero-order valence-electron chi connectivity index (χ0n) is 11.1. The average molecular weight is 275 g/mol. The summed E-state index contributed by atoms with van der Waals surface area (Å²) < 4.78 is 2.71. The van der Waals surface area contributed by atoms with E-state index in [9.17, 15) is 0 Å². The molecule has 2 aromatic carbocycles. The minimum Gasteiger partial charge on any atom is -0.256 e. The molecule has 20 heavy (non-hydrogen) atoms. The van der Waals surface area contributed by atoms with Crippen molar-refractivity contribution in [2.45, 2.75) is 6.92 Å². The molecular formula is C18H13NS. The number of benzene rings is 2. The third-order valence-electron chi connectivity index (χ3n) is 3.66. The molecular weight excluding hydrogens is 262 g/mol. The summed E-state index contributed by atoms with van der Waals surface area (Å²) in [7, 11) is 0. The van der Waals surface area contributed by atoms with Crippen LogP contribution in [0.1, 0.15) is 5.56 Å². The third-order valence-corrected chi connectivity index (χ3v) is 5.05. The lowest BCUT2D eigenvalue weighted by Gasteiger charge is -2.01. The van der Waals surface area contributed by atoms with Crippen molar-refractivity contribution in [3.63, 3.8) is 0 Å². The van der Waals surface area contributed by atoms with Crippen molar-refractivity contribution < 1.29 is 0 Å². The highest BCUT2D eigenvalue weighted by Crippen LogP contribution is 2.40. The van der Waals surface area contributed by atoms with Gasteiger partial charge in [0.1, 0.15) is 0 Å². The zero-order chi connectivity index (χ0) is 13.5. The molecule has 0 saturated carbocycles. The molecule has 0 aliphatic carbocycles. The molecule has 4 rings (SSSR count). The van der Waals surface area contributed by atoms with Gasteiger partial charge in [-0.25, -0.2) is 0 Å². The maximum absolute atomic E-state index is 4.50. The maximum Gasteiger partial charge on any atom is 0.0716 e. The molecule has 0 fully saturated rings. The van der Waals surface area contributed by atoms with Gasteiger partial charge in [0.2, 0.25) is 0 Å². The Morgan fingerprint density at radius 3 is 2.40 bits per heavy atom. The lowest BCUT2D eigenvalue weighted by atomic mass is 10.1. The molecule has 0 spiro atoms. The first-order chi connectivity index (χ1) is 9.84. The highest BCUT2D eigenvalue weighted by atomic mass is 32.1. The lowest BCUT2D eigenvalue weighted by Crippen LogP contribution is -1.81. The molecule has 2 aromatic heterocycles. The van der Waals surface area contributed by atoms with E-state index in [1.165, 1.54) is 31.3 Å². The minimum absolute atomic E-state index is 1.04. The van der Waals surface area contributed by atoms with Crippen LogP contribution in [0.3, 0.4) is 0 Å². The van der Waals surface area contributed by atoms with E-state index in [2.05, 4.69) is 54.4 Å². The summed E-state index contributed by atoms with van der Waals surface area (Å²) >= 11 is 1.87.